The van der Waals surface area contributed by atoms with Gasteiger partial charge in [0.25, 0.3) is 0 Å². The van der Waals surface area contributed by atoms with Gasteiger partial charge in [-0.25, -0.2) is 4.39 Å². The Balaban J connectivity index is 1.45. The lowest BCUT2D eigenvalue weighted by Crippen LogP contribution is -2.36. The van der Waals surface area contributed by atoms with Gasteiger partial charge in [0.2, 0.25) is 5.91 Å². The van der Waals surface area contributed by atoms with Gasteiger partial charge in [-0.15, -0.1) is 0 Å². The minimum absolute atomic E-state index is 0.0625. The van der Waals surface area contributed by atoms with Gasteiger partial charge in [-0.2, -0.15) is 0 Å². The number of carbonyl (C=O) groups is 2. The number of rotatable bonds is 7. The van der Waals surface area contributed by atoms with Crippen LogP contribution in [0.1, 0.15) is 22.3 Å². The number of morpholine rings is 1. The second kappa shape index (κ2) is 9.28. The number of hydrogen-bond acceptors (Lipinski definition) is 4. The number of Topliss-reactive ketones (excluding diaryl/α,β-unsaturated/α-hetero) is 1. The first-order chi connectivity index (χ1) is 13.1. The molecule has 0 spiro atoms. The van der Waals surface area contributed by atoms with E-state index in [4.69, 9.17) is 4.74 Å². The number of ketones is 1. The van der Waals surface area contributed by atoms with Crippen LogP contribution in [-0.4, -0.2) is 44.5 Å². The molecule has 0 unspecified atom stereocenters. The first-order valence-corrected chi connectivity index (χ1v) is 9.09. The van der Waals surface area contributed by atoms with E-state index in [2.05, 4.69) is 10.2 Å². The van der Waals surface area contributed by atoms with E-state index in [1.165, 1.54) is 6.07 Å². The van der Waals surface area contributed by atoms with Crippen molar-refractivity contribution in [2.75, 3.05) is 37.7 Å². The summed E-state index contributed by atoms with van der Waals surface area (Å²) in [6.07, 6.45) is 0.450. The Kier molecular flexibility index (Phi) is 6.54. The molecule has 6 heteroatoms. The molecule has 0 radical (unpaired) electrons. The minimum atomic E-state index is -0.318. The lowest BCUT2D eigenvalue weighted by atomic mass is 10.1. The number of carbonyl (C=O) groups excluding carboxylic acids is 2. The second-order valence-corrected chi connectivity index (χ2v) is 6.44. The summed E-state index contributed by atoms with van der Waals surface area (Å²) in [5, 5.41) is 2.61. The number of benzene rings is 2. The molecule has 1 heterocycles. The zero-order chi connectivity index (χ0) is 19.1. The van der Waals surface area contributed by atoms with E-state index in [1.807, 2.05) is 12.1 Å². The van der Waals surface area contributed by atoms with Crippen molar-refractivity contribution in [1.82, 2.24) is 5.32 Å². The average Bonchev–Trinajstić information content (AvgIpc) is 2.72. The van der Waals surface area contributed by atoms with Crippen LogP contribution in [0.3, 0.4) is 0 Å². The summed E-state index contributed by atoms with van der Waals surface area (Å²) >= 11 is 0. The molecule has 0 saturated carbocycles. The normalized spacial score (nSPS) is 14.0. The van der Waals surface area contributed by atoms with E-state index >= 15 is 0 Å². The molecule has 2 aromatic carbocycles. The molecule has 27 heavy (non-hydrogen) atoms. The van der Waals surface area contributed by atoms with Crippen LogP contribution in [0.4, 0.5) is 10.1 Å². The molecule has 0 aromatic heterocycles. The van der Waals surface area contributed by atoms with Crippen molar-refractivity contribution in [3.05, 3.63) is 65.5 Å². The summed E-state index contributed by atoms with van der Waals surface area (Å²) in [4.78, 5) is 26.4. The van der Waals surface area contributed by atoms with Crippen molar-refractivity contribution >= 4 is 17.4 Å². The van der Waals surface area contributed by atoms with Crippen molar-refractivity contribution in [2.45, 2.75) is 12.8 Å². The predicted octanol–water partition coefficient (Wildman–Crippen LogP) is 2.59. The number of nitrogens with zero attached hydrogens (tertiary/aromatic N) is 1. The molecule has 142 valence electrons. The largest absolute Gasteiger partial charge is 0.378 e. The van der Waals surface area contributed by atoms with Gasteiger partial charge < -0.3 is 15.0 Å². The SMILES string of the molecule is O=C(CCc1ccccc1F)NCC(=O)c1ccc(N2CCOCC2)cc1. The van der Waals surface area contributed by atoms with Crippen molar-refractivity contribution in [1.29, 1.82) is 0 Å². The van der Waals surface area contributed by atoms with Crippen LogP contribution < -0.4 is 10.2 Å². The van der Waals surface area contributed by atoms with E-state index in [-0.39, 0.29) is 30.5 Å². The highest BCUT2D eigenvalue weighted by molar-refractivity contribution is 5.99. The first-order valence-electron chi connectivity index (χ1n) is 9.09. The number of nitrogens with one attached hydrogen (secondary N) is 1. The van der Waals surface area contributed by atoms with Gasteiger partial charge in [0.05, 0.1) is 19.8 Å². The van der Waals surface area contributed by atoms with E-state index in [9.17, 15) is 14.0 Å². The molecule has 1 aliphatic rings. The van der Waals surface area contributed by atoms with Crippen LogP contribution in [0.5, 0.6) is 0 Å². The number of ether oxygens (including phenoxy) is 1. The molecule has 0 aliphatic carbocycles. The molecule has 3 rings (SSSR count). The van der Waals surface area contributed by atoms with E-state index in [0.29, 0.717) is 30.8 Å². The lowest BCUT2D eigenvalue weighted by Gasteiger charge is -2.28. The van der Waals surface area contributed by atoms with Gasteiger partial charge in [-0.1, -0.05) is 18.2 Å². The average molecular weight is 370 g/mol. The van der Waals surface area contributed by atoms with Gasteiger partial charge in [-0.05, 0) is 42.3 Å². The molecule has 0 bridgehead atoms. The molecule has 1 saturated heterocycles. The topological polar surface area (TPSA) is 58.6 Å². The van der Waals surface area contributed by atoms with Gasteiger partial charge >= 0.3 is 0 Å². The Labute approximate surface area is 158 Å². The standard InChI is InChI=1S/C21H23FN2O3/c22-19-4-2-1-3-16(19)7-10-21(26)23-15-20(25)17-5-8-18(9-6-17)24-11-13-27-14-12-24/h1-6,8-9H,7,10-15H2,(H,23,26). The Morgan fingerprint density at radius 3 is 2.44 bits per heavy atom. The second-order valence-electron chi connectivity index (χ2n) is 6.44. The maximum Gasteiger partial charge on any atom is 0.220 e. The zero-order valence-electron chi connectivity index (χ0n) is 15.1. The number of anilines is 1. The van der Waals surface area contributed by atoms with Crippen LogP contribution in [0.15, 0.2) is 48.5 Å². The summed E-state index contributed by atoms with van der Waals surface area (Å²) < 4.78 is 18.9. The molecule has 5 nitrogen and oxygen atoms in total. The van der Waals surface area contributed by atoms with Crippen LogP contribution in [-0.2, 0) is 16.0 Å². The fourth-order valence-corrected chi connectivity index (χ4v) is 3.00. The molecule has 1 aliphatic heterocycles. The van der Waals surface area contributed by atoms with E-state index in [1.54, 1.807) is 30.3 Å². The first kappa shape index (κ1) is 19.0. The highest BCUT2D eigenvalue weighted by atomic mass is 19.1. The van der Waals surface area contributed by atoms with Crippen LogP contribution >= 0.6 is 0 Å². The monoisotopic (exact) mass is 370 g/mol. The summed E-state index contributed by atoms with van der Waals surface area (Å²) in [5.41, 5.74) is 2.11. The Bertz CT molecular complexity index is 786. The van der Waals surface area contributed by atoms with E-state index < -0.39 is 0 Å². The Morgan fingerprint density at radius 1 is 1.04 bits per heavy atom. The number of hydrogen-bond donors (Lipinski definition) is 1. The maximum absolute atomic E-state index is 13.5. The lowest BCUT2D eigenvalue weighted by molar-refractivity contribution is -0.120. The van der Waals surface area contributed by atoms with Crippen LogP contribution in [0, 0.1) is 5.82 Å². The molecular formula is C21H23FN2O3. The molecule has 1 fully saturated rings. The smallest absolute Gasteiger partial charge is 0.220 e. The molecule has 2 aromatic rings. The molecule has 1 amide bonds. The fraction of sp³-hybridized carbons (Fsp3) is 0.333. The summed E-state index contributed by atoms with van der Waals surface area (Å²) in [7, 11) is 0. The van der Waals surface area contributed by atoms with Gasteiger partial charge in [0.1, 0.15) is 5.82 Å². The highest BCUT2D eigenvalue weighted by Crippen LogP contribution is 2.17. The third kappa shape index (κ3) is 5.37. The highest BCUT2D eigenvalue weighted by Gasteiger charge is 2.13. The van der Waals surface area contributed by atoms with Crippen molar-refractivity contribution < 1.29 is 18.7 Å². The summed E-state index contributed by atoms with van der Waals surface area (Å²) in [5.74, 6) is -0.735. The van der Waals surface area contributed by atoms with E-state index in [0.717, 1.165) is 18.8 Å². The molecule has 1 N–H and O–H groups in total. The van der Waals surface area contributed by atoms with Crippen molar-refractivity contribution in [3.8, 4) is 0 Å². The van der Waals surface area contributed by atoms with Crippen LogP contribution in [0.2, 0.25) is 0 Å². The van der Waals surface area contributed by atoms with Gasteiger partial charge in [0, 0.05) is 30.8 Å². The molecular weight excluding hydrogens is 347 g/mol. The minimum Gasteiger partial charge on any atom is -0.378 e. The summed E-state index contributed by atoms with van der Waals surface area (Å²) in [6, 6.07) is 13.8. The van der Waals surface area contributed by atoms with Gasteiger partial charge in [0.15, 0.2) is 5.78 Å². The van der Waals surface area contributed by atoms with Gasteiger partial charge in [-0.3, -0.25) is 9.59 Å². The fourth-order valence-electron chi connectivity index (χ4n) is 3.00. The Hall–Kier alpha value is -2.73. The number of aryl methyl sites for hydroxylation is 1. The predicted molar refractivity (Wildman–Crippen MR) is 102 cm³/mol. The van der Waals surface area contributed by atoms with Crippen molar-refractivity contribution in [2.24, 2.45) is 0 Å². The zero-order valence-corrected chi connectivity index (χ0v) is 15.1. The third-order valence-corrected chi connectivity index (χ3v) is 4.59. The third-order valence-electron chi connectivity index (χ3n) is 4.59. The Morgan fingerprint density at radius 2 is 1.74 bits per heavy atom. The van der Waals surface area contributed by atoms with Crippen LogP contribution in [0.25, 0.3) is 0 Å². The molecule has 0 atom stereocenters. The number of halogens is 1. The number of amides is 1. The maximum atomic E-state index is 13.5. The quantitative estimate of drug-likeness (QED) is 0.761. The van der Waals surface area contributed by atoms with Crippen molar-refractivity contribution in [3.63, 3.8) is 0 Å². The summed E-state index contributed by atoms with van der Waals surface area (Å²) in [6.45, 7) is 3.03.